The zero-order chi connectivity index (χ0) is 11.7. The van der Waals surface area contributed by atoms with E-state index in [-0.39, 0.29) is 17.3 Å². The van der Waals surface area contributed by atoms with Crippen molar-refractivity contribution in [2.24, 2.45) is 0 Å². The lowest BCUT2D eigenvalue weighted by Gasteiger charge is -2.03. The number of nitrogens with one attached hydrogen (secondary N) is 2. The average molecular weight is 218 g/mol. The van der Waals surface area contributed by atoms with Gasteiger partial charge in [0, 0.05) is 12.3 Å². The van der Waals surface area contributed by atoms with E-state index in [0.717, 1.165) is 0 Å². The van der Waals surface area contributed by atoms with Crippen molar-refractivity contribution >= 4 is 28.2 Å². The molecule has 0 fully saturated rings. The third-order valence-corrected chi connectivity index (χ3v) is 2.13. The van der Waals surface area contributed by atoms with E-state index in [4.69, 9.17) is 0 Å². The quantitative estimate of drug-likeness (QED) is 0.595. The van der Waals surface area contributed by atoms with Gasteiger partial charge in [0.25, 0.3) is 0 Å². The molecule has 0 aliphatic heterocycles. The van der Waals surface area contributed by atoms with Gasteiger partial charge in [-0.2, -0.15) is 0 Å². The number of nitro groups is 1. The molecule has 2 rings (SSSR count). The van der Waals surface area contributed by atoms with E-state index in [1.807, 2.05) is 0 Å². The molecule has 0 atom stereocenters. The summed E-state index contributed by atoms with van der Waals surface area (Å²) < 4.78 is 0. The smallest absolute Gasteiger partial charge is 0.316 e. The van der Waals surface area contributed by atoms with E-state index in [0.29, 0.717) is 10.9 Å². The van der Waals surface area contributed by atoms with Gasteiger partial charge in [0.15, 0.2) is 0 Å². The van der Waals surface area contributed by atoms with Gasteiger partial charge in [0.2, 0.25) is 5.91 Å². The Morgan fingerprint density at radius 3 is 2.94 bits per heavy atom. The highest BCUT2D eigenvalue weighted by Gasteiger charge is 2.19. The maximum atomic E-state index is 10.9. The Labute approximate surface area is 90.4 Å². The molecule has 6 heteroatoms. The molecule has 2 aromatic rings. The van der Waals surface area contributed by atoms with Crippen molar-refractivity contribution in [3.05, 3.63) is 34.5 Å². The molecule has 0 saturated heterocycles. The third-order valence-electron chi connectivity index (χ3n) is 2.13. The number of carbonyl (C=O) groups is 1. The van der Waals surface area contributed by atoms with Crippen LogP contribution in [0, 0.1) is 16.3 Å². The van der Waals surface area contributed by atoms with Crippen LogP contribution in [0.15, 0.2) is 18.2 Å². The number of fused-ring (bicyclic) bond motifs is 1. The van der Waals surface area contributed by atoms with Crippen molar-refractivity contribution in [1.29, 1.82) is 0 Å². The molecule has 0 bridgehead atoms. The molecule has 6 nitrogen and oxygen atoms in total. The maximum Gasteiger partial charge on any atom is 0.316 e. The molecule has 1 amide bonds. The lowest BCUT2D eigenvalue weighted by Crippen LogP contribution is -2.08. The fourth-order valence-electron chi connectivity index (χ4n) is 1.52. The second kappa shape index (κ2) is 3.65. The Hall–Kier alpha value is -2.37. The summed E-state index contributed by atoms with van der Waals surface area (Å²) in [7, 11) is 0. The number of amides is 1. The molecule has 1 heterocycles. The minimum absolute atomic E-state index is 0.144. The third kappa shape index (κ3) is 1.60. The number of nitrogens with zero attached hydrogens (tertiary/aromatic N) is 1. The molecule has 2 N–H and O–H groups in total. The standard InChI is InChI=1S/C10H8N3O3/c1-6(14)12-8-3-2-7-4-5-11-9(7)10(8)13(15)16/h2-4,11H,1H3,(H,12,14). The van der Waals surface area contributed by atoms with E-state index in [2.05, 4.69) is 16.5 Å². The highest BCUT2D eigenvalue weighted by atomic mass is 16.6. The van der Waals surface area contributed by atoms with Crippen LogP contribution in [-0.2, 0) is 4.79 Å². The van der Waals surface area contributed by atoms with Gasteiger partial charge >= 0.3 is 5.69 Å². The number of H-pyrrole nitrogens is 1. The average Bonchev–Trinajstić information content (AvgIpc) is 2.63. The normalized spacial score (nSPS) is 10.3. The molecular formula is C10H8N3O3. The van der Waals surface area contributed by atoms with E-state index in [1.165, 1.54) is 13.0 Å². The summed E-state index contributed by atoms with van der Waals surface area (Å²) in [6, 6.07) is 4.80. The number of nitro benzene ring substituents is 1. The van der Waals surface area contributed by atoms with Gasteiger partial charge in [-0.3, -0.25) is 14.9 Å². The summed E-state index contributed by atoms with van der Waals surface area (Å²) in [5.41, 5.74) is 0.394. The first-order valence-electron chi connectivity index (χ1n) is 4.53. The van der Waals surface area contributed by atoms with Crippen LogP contribution >= 0.6 is 0 Å². The van der Waals surface area contributed by atoms with Gasteiger partial charge in [0.05, 0.1) is 11.1 Å². The molecule has 0 aliphatic carbocycles. The van der Waals surface area contributed by atoms with Crippen LogP contribution in [0.2, 0.25) is 0 Å². The Kier molecular flexibility index (Phi) is 2.32. The van der Waals surface area contributed by atoms with Crippen LogP contribution in [0.5, 0.6) is 0 Å². The van der Waals surface area contributed by atoms with Crippen molar-refractivity contribution in [2.45, 2.75) is 6.92 Å². The van der Waals surface area contributed by atoms with Crippen molar-refractivity contribution in [3.63, 3.8) is 0 Å². The summed E-state index contributed by atoms with van der Waals surface area (Å²) in [5, 5.41) is 14.0. The summed E-state index contributed by atoms with van der Waals surface area (Å²) in [6.45, 7) is 1.30. The zero-order valence-corrected chi connectivity index (χ0v) is 8.40. The SMILES string of the molecule is CC(=O)Nc1ccc2c[c][nH]c2c1[N+](=O)[O-]. The lowest BCUT2D eigenvalue weighted by molar-refractivity contribution is -0.382. The fourth-order valence-corrected chi connectivity index (χ4v) is 1.52. The number of hydrogen-bond acceptors (Lipinski definition) is 3. The van der Waals surface area contributed by atoms with E-state index in [9.17, 15) is 14.9 Å². The van der Waals surface area contributed by atoms with Crippen LogP contribution in [0.4, 0.5) is 11.4 Å². The molecule has 16 heavy (non-hydrogen) atoms. The van der Waals surface area contributed by atoms with Crippen LogP contribution in [-0.4, -0.2) is 15.8 Å². The topological polar surface area (TPSA) is 88.0 Å². The fraction of sp³-hybridized carbons (Fsp3) is 0.100. The lowest BCUT2D eigenvalue weighted by atomic mass is 10.2. The van der Waals surface area contributed by atoms with Gasteiger partial charge in [-0.25, -0.2) is 0 Å². The molecule has 1 aromatic carbocycles. The number of hydrogen-bond donors (Lipinski definition) is 2. The molecule has 0 saturated carbocycles. The Balaban J connectivity index is 2.68. The molecule has 1 radical (unpaired) electrons. The van der Waals surface area contributed by atoms with Crippen molar-refractivity contribution in [2.75, 3.05) is 5.32 Å². The largest absolute Gasteiger partial charge is 0.348 e. The monoisotopic (exact) mass is 218 g/mol. The van der Waals surface area contributed by atoms with Gasteiger partial charge in [-0.05, 0) is 12.1 Å². The minimum atomic E-state index is -0.530. The molecule has 1 aromatic heterocycles. The second-order valence-corrected chi connectivity index (χ2v) is 3.28. The summed E-state index contributed by atoms with van der Waals surface area (Å²) in [6.07, 6.45) is 2.67. The van der Waals surface area contributed by atoms with Crippen LogP contribution < -0.4 is 5.32 Å². The predicted octanol–water partition coefficient (Wildman–Crippen LogP) is 1.83. The number of benzene rings is 1. The predicted molar refractivity (Wildman–Crippen MR) is 58.1 cm³/mol. The number of aromatic amines is 1. The first-order valence-corrected chi connectivity index (χ1v) is 4.53. The highest BCUT2D eigenvalue weighted by Crippen LogP contribution is 2.32. The van der Waals surface area contributed by atoms with Crippen molar-refractivity contribution in [1.82, 2.24) is 4.98 Å². The Bertz CT molecular complexity index is 574. The zero-order valence-electron chi connectivity index (χ0n) is 8.40. The summed E-state index contributed by atoms with van der Waals surface area (Å²) in [4.78, 5) is 24.0. The van der Waals surface area contributed by atoms with Gasteiger partial charge in [0.1, 0.15) is 11.2 Å². The summed E-state index contributed by atoms with van der Waals surface area (Å²) in [5.74, 6) is -0.349. The van der Waals surface area contributed by atoms with Crippen LogP contribution in [0.3, 0.4) is 0 Å². The number of carbonyl (C=O) groups excluding carboxylic acids is 1. The first kappa shape index (κ1) is 10.2. The van der Waals surface area contributed by atoms with Gasteiger partial charge < -0.3 is 10.3 Å². The van der Waals surface area contributed by atoms with Gasteiger partial charge in [-0.1, -0.05) is 6.07 Å². The van der Waals surface area contributed by atoms with Crippen LogP contribution in [0.1, 0.15) is 6.92 Å². The number of anilines is 1. The second-order valence-electron chi connectivity index (χ2n) is 3.28. The highest BCUT2D eigenvalue weighted by molar-refractivity contribution is 5.99. The van der Waals surface area contributed by atoms with E-state index in [1.54, 1.807) is 12.1 Å². The van der Waals surface area contributed by atoms with E-state index >= 15 is 0 Å². The Morgan fingerprint density at radius 2 is 2.31 bits per heavy atom. The van der Waals surface area contributed by atoms with Crippen LogP contribution in [0.25, 0.3) is 10.9 Å². The molecular weight excluding hydrogens is 210 g/mol. The summed E-state index contributed by atoms with van der Waals surface area (Å²) >= 11 is 0. The minimum Gasteiger partial charge on any atom is -0.348 e. The van der Waals surface area contributed by atoms with Gasteiger partial charge in [-0.15, -0.1) is 0 Å². The maximum absolute atomic E-state index is 10.9. The van der Waals surface area contributed by atoms with E-state index < -0.39 is 4.92 Å². The number of aromatic nitrogens is 1. The Morgan fingerprint density at radius 1 is 1.56 bits per heavy atom. The molecule has 0 unspecified atom stereocenters. The first-order chi connectivity index (χ1) is 7.59. The van der Waals surface area contributed by atoms with Crippen molar-refractivity contribution < 1.29 is 9.72 Å². The molecule has 81 valence electrons. The molecule has 0 spiro atoms. The number of rotatable bonds is 2. The molecule has 0 aliphatic rings. The van der Waals surface area contributed by atoms with Crippen molar-refractivity contribution in [3.8, 4) is 0 Å².